The van der Waals surface area contributed by atoms with Crippen molar-refractivity contribution in [1.29, 1.82) is 5.26 Å². The van der Waals surface area contributed by atoms with E-state index in [1.807, 2.05) is 13.0 Å². The molecule has 0 spiro atoms. The zero-order chi connectivity index (χ0) is 22.8. The minimum Gasteiger partial charge on any atom is -0.490 e. The number of hydrogen-bond acceptors (Lipinski definition) is 4. The predicted octanol–water partition coefficient (Wildman–Crippen LogP) is 5.68. The third-order valence-electron chi connectivity index (χ3n) is 3.99. The van der Waals surface area contributed by atoms with E-state index in [1.54, 1.807) is 36.4 Å². The molecule has 2 aromatic carbocycles. The number of allylic oxidation sites excluding steroid dienone is 1. The molecule has 0 aromatic heterocycles. The normalized spacial score (nSPS) is 10.5. The molecular formula is C24H20Cl2N2O3. The predicted molar refractivity (Wildman–Crippen MR) is 125 cm³/mol. The van der Waals surface area contributed by atoms with Gasteiger partial charge in [0, 0.05) is 5.56 Å². The third-order valence-corrected chi connectivity index (χ3v) is 4.81. The lowest BCUT2D eigenvalue weighted by atomic mass is 10.0. The van der Waals surface area contributed by atoms with Gasteiger partial charge in [0.1, 0.15) is 18.2 Å². The number of rotatable bonds is 9. The monoisotopic (exact) mass is 454 g/mol. The Hall–Kier alpha value is -3.38. The number of halogens is 2. The Kier molecular flexibility index (Phi) is 9.03. The summed E-state index contributed by atoms with van der Waals surface area (Å²) in [7, 11) is 0. The Morgan fingerprint density at radius 2 is 2.10 bits per heavy atom. The van der Waals surface area contributed by atoms with E-state index in [0.717, 1.165) is 5.56 Å². The summed E-state index contributed by atoms with van der Waals surface area (Å²) >= 11 is 12.1. The van der Waals surface area contributed by atoms with Gasteiger partial charge in [0.15, 0.2) is 11.5 Å². The van der Waals surface area contributed by atoms with Crippen molar-refractivity contribution in [1.82, 2.24) is 0 Å². The standard InChI is InChI=1S/C24H20Cl2N2O3/c1-4-8-17-12-16(14-21(30-6-3)23(17)31-11-5-2)13-18(15-27)24(29)28-20-10-7-9-19(25)22(20)26/h2,4,7,9-10,12-14H,1,6,8,11H2,3H3,(H,28,29)/b18-13-. The molecule has 0 aliphatic heterocycles. The van der Waals surface area contributed by atoms with Crippen LogP contribution >= 0.6 is 23.2 Å². The number of anilines is 1. The van der Waals surface area contributed by atoms with Crippen molar-refractivity contribution >= 4 is 40.9 Å². The smallest absolute Gasteiger partial charge is 0.266 e. The van der Waals surface area contributed by atoms with E-state index in [1.165, 1.54) is 6.08 Å². The number of benzene rings is 2. The first-order chi connectivity index (χ1) is 14.9. The first-order valence-electron chi connectivity index (χ1n) is 9.29. The van der Waals surface area contributed by atoms with Gasteiger partial charge in [-0.1, -0.05) is 41.3 Å². The highest BCUT2D eigenvalue weighted by molar-refractivity contribution is 6.44. The lowest BCUT2D eigenvalue weighted by molar-refractivity contribution is -0.112. The van der Waals surface area contributed by atoms with Crippen LogP contribution in [0.25, 0.3) is 6.08 Å². The SMILES string of the molecule is C#CCOc1c(CC=C)cc(/C=C(/C#N)C(=O)Nc2cccc(Cl)c2Cl)cc1OCC. The molecule has 0 saturated carbocycles. The Morgan fingerprint density at radius 1 is 1.32 bits per heavy atom. The molecule has 7 heteroatoms. The number of hydrogen-bond donors (Lipinski definition) is 1. The van der Waals surface area contributed by atoms with Crippen molar-refractivity contribution in [3.8, 4) is 29.9 Å². The second kappa shape index (κ2) is 11.7. The lowest BCUT2D eigenvalue weighted by Crippen LogP contribution is -2.13. The minimum atomic E-state index is -0.623. The van der Waals surface area contributed by atoms with Gasteiger partial charge in [-0.15, -0.1) is 13.0 Å². The van der Waals surface area contributed by atoms with E-state index < -0.39 is 5.91 Å². The molecule has 31 heavy (non-hydrogen) atoms. The Labute approximate surface area is 191 Å². The molecule has 0 atom stereocenters. The maximum Gasteiger partial charge on any atom is 0.266 e. The molecule has 1 amide bonds. The van der Waals surface area contributed by atoms with E-state index in [4.69, 9.17) is 39.1 Å². The fourth-order valence-electron chi connectivity index (χ4n) is 2.72. The van der Waals surface area contributed by atoms with Gasteiger partial charge in [-0.25, -0.2) is 0 Å². The Bertz CT molecular complexity index is 1100. The number of terminal acetylenes is 1. The number of nitriles is 1. The summed E-state index contributed by atoms with van der Waals surface area (Å²) < 4.78 is 11.3. The quantitative estimate of drug-likeness (QED) is 0.229. The molecule has 0 radical (unpaired) electrons. The van der Waals surface area contributed by atoms with Gasteiger partial charge in [0.2, 0.25) is 0 Å². The molecule has 0 heterocycles. The second-order valence-corrected chi connectivity index (χ2v) is 6.94. The van der Waals surface area contributed by atoms with Crippen molar-refractivity contribution in [3.63, 3.8) is 0 Å². The number of nitrogens with one attached hydrogen (secondary N) is 1. The van der Waals surface area contributed by atoms with Crippen molar-refractivity contribution in [2.45, 2.75) is 13.3 Å². The number of amides is 1. The van der Waals surface area contributed by atoms with Gasteiger partial charge < -0.3 is 14.8 Å². The van der Waals surface area contributed by atoms with Crippen LogP contribution in [0.15, 0.2) is 48.6 Å². The summed E-state index contributed by atoms with van der Waals surface area (Å²) in [5.74, 6) is 2.77. The number of carbonyl (C=O) groups is 1. The third kappa shape index (κ3) is 6.30. The summed E-state index contributed by atoms with van der Waals surface area (Å²) in [4.78, 5) is 12.6. The first kappa shape index (κ1) is 23.9. The highest BCUT2D eigenvalue weighted by Gasteiger charge is 2.16. The zero-order valence-electron chi connectivity index (χ0n) is 16.9. The van der Waals surface area contributed by atoms with Gasteiger partial charge in [0.25, 0.3) is 5.91 Å². The fourth-order valence-corrected chi connectivity index (χ4v) is 3.07. The maximum absolute atomic E-state index is 12.6. The van der Waals surface area contributed by atoms with Crippen molar-refractivity contribution in [3.05, 3.63) is 69.7 Å². The van der Waals surface area contributed by atoms with Crippen LogP contribution in [0.3, 0.4) is 0 Å². The van der Waals surface area contributed by atoms with Crippen LogP contribution in [0.2, 0.25) is 10.0 Å². The topological polar surface area (TPSA) is 71.3 Å². The summed E-state index contributed by atoms with van der Waals surface area (Å²) in [6, 6.07) is 10.2. The highest BCUT2D eigenvalue weighted by atomic mass is 35.5. The lowest BCUT2D eigenvalue weighted by Gasteiger charge is -2.15. The summed E-state index contributed by atoms with van der Waals surface area (Å²) in [6.07, 6.45) is 8.95. The zero-order valence-corrected chi connectivity index (χ0v) is 18.4. The molecule has 0 aliphatic carbocycles. The molecule has 0 bridgehead atoms. The molecule has 2 rings (SSSR count). The summed E-state index contributed by atoms with van der Waals surface area (Å²) in [5, 5.41) is 12.6. The van der Waals surface area contributed by atoms with Crippen LogP contribution in [-0.2, 0) is 11.2 Å². The molecule has 5 nitrogen and oxygen atoms in total. The second-order valence-electron chi connectivity index (χ2n) is 6.15. The van der Waals surface area contributed by atoms with Gasteiger partial charge in [0.05, 0.1) is 22.3 Å². The number of carbonyl (C=O) groups excluding carboxylic acids is 1. The Balaban J connectivity index is 2.45. The van der Waals surface area contributed by atoms with E-state index in [2.05, 4.69) is 17.8 Å². The number of ether oxygens (including phenoxy) is 2. The highest BCUT2D eigenvalue weighted by Crippen LogP contribution is 2.35. The van der Waals surface area contributed by atoms with Crippen molar-refractivity contribution < 1.29 is 14.3 Å². The van der Waals surface area contributed by atoms with E-state index in [-0.39, 0.29) is 17.2 Å². The number of nitrogens with zero attached hydrogens (tertiary/aromatic N) is 1. The van der Waals surface area contributed by atoms with Gasteiger partial charge in [-0.2, -0.15) is 5.26 Å². The van der Waals surface area contributed by atoms with Crippen LogP contribution in [0.5, 0.6) is 11.5 Å². The average Bonchev–Trinajstić information content (AvgIpc) is 2.75. The molecule has 0 unspecified atom stereocenters. The minimum absolute atomic E-state index is 0.0750. The molecule has 0 saturated heterocycles. The molecular weight excluding hydrogens is 435 g/mol. The van der Waals surface area contributed by atoms with Crippen molar-refractivity contribution in [2.24, 2.45) is 0 Å². The van der Waals surface area contributed by atoms with Crippen LogP contribution < -0.4 is 14.8 Å². The average molecular weight is 455 g/mol. The van der Waals surface area contributed by atoms with E-state index in [9.17, 15) is 10.1 Å². The maximum atomic E-state index is 12.6. The van der Waals surface area contributed by atoms with Gasteiger partial charge >= 0.3 is 0 Å². The molecule has 2 aromatic rings. The van der Waals surface area contributed by atoms with Gasteiger partial charge in [-0.05, 0) is 49.2 Å². The Morgan fingerprint density at radius 3 is 2.74 bits per heavy atom. The summed E-state index contributed by atoms with van der Waals surface area (Å²) in [6.45, 7) is 6.07. The molecule has 1 N–H and O–H groups in total. The summed E-state index contributed by atoms with van der Waals surface area (Å²) in [5.41, 5.74) is 1.52. The van der Waals surface area contributed by atoms with Crippen molar-refractivity contribution in [2.75, 3.05) is 18.5 Å². The van der Waals surface area contributed by atoms with Gasteiger partial charge in [-0.3, -0.25) is 4.79 Å². The molecule has 0 fully saturated rings. The molecule has 158 valence electrons. The first-order valence-corrected chi connectivity index (χ1v) is 10.0. The molecule has 0 aliphatic rings. The van der Waals surface area contributed by atoms with Crippen LogP contribution in [0, 0.1) is 23.7 Å². The largest absolute Gasteiger partial charge is 0.490 e. The van der Waals surface area contributed by atoms with E-state index in [0.29, 0.717) is 40.8 Å². The van der Waals surface area contributed by atoms with Crippen LogP contribution in [0.1, 0.15) is 18.1 Å². The van der Waals surface area contributed by atoms with Crippen LogP contribution in [0.4, 0.5) is 5.69 Å². The van der Waals surface area contributed by atoms with E-state index >= 15 is 0 Å². The van der Waals surface area contributed by atoms with Crippen LogP contribution in [-0.4, -0.2) is 19.1 Å². The fraction of sp³-hybridized carbons (Fsp3) is 0.167.